The van der Waals surface area contributed by atoms with E-state index in [1.165, 1.54) is 0 Å². The Morgan fingerprint density at radius 2 is 2.13 bits per heavy atom. The first-order chi connectivity index (χ1) is 11.1. The number of methoxy groups -OCH3 is 1. The second kappa shape index (κ2) is 6.58. The van der Waals surface area contributed by atoms with Crippen molar-refractivity contribution in [2.45, 2.75) is 6.04 Å². The number of benzene rings is 1. The van der Waals surface area contributed by atoms with E-state index in [0.717, 1.165) is 23.4 Å². The molecule has 5 nitrogen and oxygen atoms in total. The van der Waals surface area contributed by atoms with Crippen LogP contribution in [0.25, 0.3) is 0 Å². The number of hydrogen-bond acceptors (Lipinski definition) is 4. The molecule has 1 aliphatic heterocycles. The van der Waals surface area contributed by atoms with Gasteiger partial charge in [-0.05, 0) is 46.3 Å². The van der Waals surface area contributed by atoms with E-state index in [-0.39, 0.29) is 11.9 Å². The number of amides is 1. The van der Waals surface area contributed by atoms with Gasteiger partial charge in [0.1, 0.15) is 11.6 Å². The molecular weight excluding hydrogens is 358 g/mol. The topological polar surface area (TPSA) is 45.7 Å². The van der Waals surface area contributed by atoms with Gasteiger partial charge < -0.3 is 14.5 Å². The number of ether oxygens (including phenoxy) is 1. The van der Waals surface area contributed by atoms with Crippen LogP contribution in [0, 0.1) is 0 Å². The van der Waals surface area contributed by atoms with E-state index in [9.17, 15) is 4.79 Å². The maximum Gasteiger partial charge on any atom is 0.255 e. The van der Waals surface area contributed by atoms with E-state index < -0.39 is 0 Å². The molecule has 1 aliphatic rings. The van der Waals surface area contributed by atoms with Crippen LogP contribution in [0.1, 0.15) is 10.4 Å². The van der Waals surface area contributed by atoms with Crippen molar-refractivity contribution in [1.82, 2.24) is 9.88 Å². The van der Waals surface area contributed by atoms with Crippen LogP contribution in [0.3, 0.4) is 0 Å². The highest BCUT2D eigenvalue weighted by molar-refractivity contribution is 9.10. The molecule has 2 heterocycles. The van der Waals surface area contributed by atoms with Gasteiger partial charge in [0.25, 0.3) is 5.91 Å². The van der Waals surface area contributed by atoms with Gasteiger partial charge in [-0.1, -0.05) is 6.07 Å². The van der Waals surface area contributed by atoms with Crippen molar-refractivity contribution in [3.05, 3.63) is 52.6 Å². The smallest absolute Gasteiger partial charge is 0.255 e. The van der Waals surface area contributed by atoms with Crippen LogP contribution in [0.5, 0.6) is 5.75 Å². The van der Waals surface area contributed by atoms with E-state index in [4.69, 9.17) is 4.74 Å². The maximum atomic E-state index is 12.7. The first-order valence-corrected chi connectivity index (χ1v) is 8.16. The Balaban J connectivity index is 1.68. The number of halogens is 1. The minimum absolute atomic E-state index is 0.0126. The van der Waals surface area contributed by atoms with Crippen molar-refractivity contribution in [2.75, 3.05) is 32.1 Å². The molecule has 0 N–H and O–H groups in total. The van der Waals surface area contributed by atoms with Crippen molar-refractivity contribution in [2.24, 2.45) is 0 Å². The summed E-state index contributed by atoms with van der Waals surface area (Å²) in [5, 5.41) is 0. The Morgan fingerprint density at radius 3 is 2.78 bits per heavy atom. The molecule has 120 valence electrons. The number of hydrogen-bond donors (Lipinski definition) is 0. The minimum Gasteiger partial charge on any atom is -0.497 e. The van der Waals surface area contributed by atoms with Crippen molar-refractivity contribution in [3.63, 3.8) is 0 Å². The monoisotopic (exact) mass is 375 g/mol. The van der Waals surface area contributed by atoms with Gasteiger partial charge in [-0.2, -0.15) is 0 Å². The molecule has 0 atom stereocenters. The zero-order valence-corrected chi connectivity index (χ0v) is 14.7. The van der Waals surface area contributed by atoms with Gasteiger partial charge in [0, 0.05) is 30.8 Å². The quantitative estimate of drug-likeness (QED) is 0.824. The second-order valence-corrected chi connectivity index (χ2v) is 6.36. The fourth-order valence-corrected chi connectivity index (χ4v) is 3.00. The third-order valence-corrected chi connectivity index (χ3v) is 4.80. The summed E-state index contributed by atoms with van der Waals surface area (Å²) in [4.78, 5) is 21.0. The summed E-state index contributed by atoms with van der Waals surface area (Å²) in [5.41, 5.74) is 0.614. The molecule has 0 radical (unpaired) electrons. The summed E-state index contributed by atoms with van der Waals surface area (Å²) in [6.45, 7) is 1.59. The van der Waals surface area contributed by atoms with E-state index in [1.54, 1.807) is 24.3 Å². The van der Waals surface area contributed by atoms with Crippen molar-refractivity contribution in [1.29, 1.82) is 0 Å². The van der Waals surface area contributed by atoms with Crippen molar-refractivity contribution < 1.29 is 9.53 Å². The second-order valence-electron chi connectivity index (χ2n) is 5.51. The van der Waals surface area contributed by atoms with Gasteiger partial charge in [-0.25, -0.2) is 4.98 Å². The zero-order chi connectivity index (χ0) is 16.4. The van der Waals surface area contributed by atoms with E-state index >= 15 is 0 Å². The molecular formula is C17H18BrN3O2. The molecule has 0 aliphatic carbocycles. The highest BCUT2D eigenvalue weighted by atomic mass is 79.9. The molecule has 1 fully saturated rings. The van der Waals surface area contributed by atoms with E-state index in [0.29, 0.717) is 11.3 Å². The summed E-state index contributed by atoms with van der Waals surface area (Å²) in [5.74, 6) is 1.61. The van der Waals surface area contributed by atoms with Gasteiger partial charge in [0.15, 0.2) is 0 Å². The first kappa shape index (κ1) is 15.8. The third kappa shape index (κ3) is 3.17. The van der Waals surface area contributed by atoms with Gasteiger partial charge in [-0.3, -0.25) is 4.79 Å². The summed E-state index contributed by atoms with van der Waals surface area (Å²) >= 11 is 3.44. The number of carbonyl (C=O) groups excluding carboxylic acids is 1. The van der Waals surface area contributed by atoms with Crippen LogP contribution in [0.15, 0.2) is 47.1 Å². The summed E-state index contributed by atoms with van der Waals surface area (Å²) in [6.07, 6.45) is 1.78. The lowest BCUT2D eigenvalue weighted by Crippen LogP contribution is -2.60. The standard InChI is InChI=1S/C17H18BrN3O2/c1-20(12-10-21(11-12)16-5-3-4-8-19-16)17(22)14-9-13(23-2)6-7-15(14)18/h3-9,12H,10-11H2,1-2H3. The van der Waals surface area contributed by atoms with Crippen LogP contribution in [-0.4, -0.2) is 49.1 Å². The number of rotatable bonds is 4. The van der Waals surface area contributed by atoms with E-state index in [1.807, 2.05) is 37.4 Å². The van der Waals surface area contributed by atoms with Crippen molar-refractivity contribution >= 4 is 27.7 Å². The van der Waals surface area contributed by atoms with E-state index in [2.05, 4.69) is 25.8 Å². The molecule has 0 saturated carbocycles. The largest absolute Gasteiger partial charge is 0.497 e. The predicted octanol–water partition coefficient (Wildman–Crippen LogP) is 2.81. The molecule has 0 bridgehead atoms. The van der Waals surface area contributed by atoms with Gasteiger partial charge >= 0.3 is 0 Å². The van der Waals surface area contributed by atoms with Crippen LogP contribution in [0.2, 0.25) is 0 Å². The summed E-state index contributed by atoms with van der Waals surface area (Å²) < 4.78 is 5.98. The normalized spacial score (nSPS) is 14.3. The number of anilines is 1. The molecule has 6 heteroatoms. The molecule has 3 rings (SSSR count). The van der Waals surface area contributed by atoms with Gasteiger partial charge in [-0.15, -0.1) is 0 Å². The first-order valence-electron chi connectivity index (χ1n) is 7.37. The Kier molecular flexibility index (Phi) is 4.52. The molecule has 1 saturated heterocycles. The third-order valence-electron chi connectivity index (χ3n) is 4.11. The average Bonchev–Trinajstić information content (AvgIpc) is 2.54. The average molecular weight is 376 g/mol. The number of nitrogens with zero attached hydrogens (tertiary/aromatic N) is 3. The Morgan fingerprint density at radius 1 is 1.35 bits per heavy atom. The van der Waals surface area contributed by atoms with Crippen LogP contribution < -0.4 is 9.64 Å². The molecule has 1 aromatic carbocycles. The SMILES string of the molecule is COc1ccc(Br)c(C(=O)N(C)C2CN(c3ccccn3)C2)c1. The van der Waals surface area contributed by atoms with Gasteiger partial charge in [0.2, 0.25) is 0 Å². The number of likely N-dealkylation sites (N-methyl/N-ethyl adjacent to an activating group) is 1. The lowest BCUT2D eigenvalue weighted by molar-refractivity contribution is 0.0704. The molecule has 1 amide bonds. The molecule has 0 unspecified atom stereocenters. The fraction of sp³-hybridized carbons (Fsp3) is 0.294. The van der Waals surface area contributed by atoms with Crippen LogP contribution in [0.4, 0.5) is 5.82 Å². The number of carbonyl (C=O) groups is 1. The van der Waals surface area contributed by atoms with Crippen LogP contribution in [-0.2, 0) is 0 Å². The van der Waals surface area contributed by atoms with Crippen molar-refractivity contribution in [3.8, 4) is 5.75 Å². The highest BCUT2D eigenvalue weighted by Gasteiger charge is 2.33. The fourth-order valence-electron chi connectivity index (χ4n) is 2.58. The van der Waals surface area contributed by atoms with Gasteiger partial charge in [0.05, 0.1) is 18.7 Å². The predicted molar refractivity (Wildman–Crippen MR) is 93.0 cm³/mol. The lowest BCUT2D eigenvalue weighted by atomic mass is 10.1. The summed E-state index contributed by atoms with van der Waals surface area (Å²) in [7, 11) is 3.44. The molecule has 23 heavy (non-hydrogen) atoms. The lowest BCUT2D eigenvalue weighted by Gasteiger charge is -2.44. The minimum atomic E-state index is -0.0126. The zero-order valence-electron chi connectivity index (χ0n) is 13.1. The molecule has 1 aromatic heterocycles. The summed E-state index contributed by atoms with van der Waals surface area (Å²) in [6, 6.07) is 11.5. The maximum absolute atomic E-state index is 12.7. The Bertz CT molecular complexity index is 702. The Labute approximate surface area is 144 Å². The molecule has 2 aromatic rings. The number of pyridine rings is 1. The number of aromatic nitrogens is 1. The Hall–Kier alpha value is -2.08. The van der Waals surface area contributed by atoms with Crippen LogP contribution >= 0.6 is 15.9 Å². The highest BCUT2D eigenvalue weighted by Crippen LogP contribution is 2.26. The molecule has 0 spiro atoms.